The van der Waals surface area contributed by atoms with Gasteiger partial charge in [0, 0.05) is 24.5 Å². The molecule has 2 aromatic rings. The summed E-state index contributed by atoms with van der Waals surface area (Å²) in [6.07, 6.45) is 8.03. The first-order chi connectivity index (χ1) is 21.8. The molecule has 0 spiro atoms. The molecule has 6 aliphatic rings. The number of nitrogens with one attached hydrogen (secondary N) is 1. The van der Waals surface area contributed by atoms with Gasteiger partial charge in [0.15, 0.2) is 11.5 Å². The number of imide groups is 1. The molecule has 1 N–H and O–H groups in total. The summed E-state index contributed by atoms with van der Waals surface area (Å²) in [6.45, 7) is 2.59. The van der Waals surface area contributed by atoms with E-state index < -0.39 is 29.0 Å². The van der Waals surface area contributed by atoms with E-state index in [9.17, 15) is 19.2 Å². The first-order valence-electron chi connectivity index (χ1n) is 15.7. The fraction of sp³-hybridized carbons (Fsp3) is 0.471. The zero-order valence-corrected chi connectivity index (χ0v) is 26.1. The largest absolute Gasteiger partial charge is 0.493 e. The molecule has 2 saturated heterocycles. The van der Waals surface area contributed by atoms with E-state index in [2.05, 4.69) is 10.2 Å². The lowest BCUT2D eigenvalue weighted by molar-refractivity contribution is -0.161. The number of carbonyl (C=O) groups excluding carboxylic acids is 4. The van der Waals surface area contributed by atoms with E-state index in [0.717, 1.165) is 54.7 Å². The van der Waals surface area contributed by atoms with Crippen LogP contribution in [0.5, 0.6) is 11.5 Å². The molecule has 10 nitrogen and oxygen atoms in total. The minimum atomic E-state index is -0.542. The van der Waals surface area contributed by atoms with E-state index in [1.807, 2.05) is 12.1 Å². The Bertz CT molecular complexity index is 1510. The van der Waals surface area contributed by atoms with Gasteiger partial charge in [-0.1, -0.05) is 6.07 Å². The summed E-state index contributed by atoms with van der Waals surface area (Å²) >= 11 is 0.780. The summed E-state index contributed by atoms with van der Waals surface area (Å²) in [5, 5.41) is 2.25. The molecule has 11 heteroatoms. The molecule has 236 valence electrons. The third-order valence-corrected chi connectivity index (χ3v) is 10.8. The van der Waals surface area contributed by atoms with E-state index in [-0.39, 0.29) is 10.9 Å². The highest BCUT2D eigenvalue weighted by Crippen LogP contribution is 2.60. The van der Waals surface area contributed by atoms with Crippen LogP contribution in [0.25, 0.3) is 6.08 Å². The summed E-state index contributed by atoms with van der Waals surface area (Å²) < 4.78 is 16.9. The molecule has 3 amide bonds. The molecule has 45 heavy (non-hydrogen) atoms. The molecule has 2 heterocycles. The van der Waals surface area contributed by atoms with Gasteiger partial charge in [-0.05, 0) is 116 Å². The fourth-order valence-corrected chi connectivity index (χ4v) is 8.97. The zero-order valence-electron chi connectivity index (χ0n) is 25.3. The zero-order chi connectivity index (χ0) is 31.1. The summed E-state index contributed by atoms with van der Waals surface area (Å²) in [4.78, 5) is 55.4. The van der Waals surface area contributed by atoms with Crippen LogP contribution in [0, 0.1) is 23.2 Å². The maximum Gasteiger partial charge on any atom is 0.317 e. The van der Waals surface area contributed by atoms with Crippen LogP contribution in [-0.4, -0.2) is 67.9 Å². The third-order valence-electron chi connectivity index (χ3n) is 9.86. The molecule has 0 aromatic heterocycles. The highest BCUT2D eigenvalue weighted by molar-refractivity contribution is 8.18. The average Bonchev–Trinajstić information content (AvgIpc) is 3.29. The lowest BCUT2D eigenvalue weighted by atomic mass is 9.49. The van der Waals surface area contributed by atoms with E-state index in [0.29, 0.717) is 53.7 Å². The number of morpholine rings is 1. The van der Waals surface area contributed by atoms with Gasteiger partial charge in [-0.15, -0.1) is 0 Å². The Balaban J connectivity index is 0.979. The Labute approximate surface area is 266 Å². The number of ether oxygens (including phenoxy) is 3. The molecule has 0 atom stereocenters. The molecular formula is C34H37N3O7S. The first kappa shape index (κ1) is 29.9. The van der Waals surface area contributed by atoms with Gasteiger partial charge < -0.3 is 24.4 Å². The van der Waals surface area contributed by atoms with Gasteiger partial charge in [-0.2, -0.15) is 0 Å². The summed E-state index contributed by atoms with van der Waals surface area (Å²) in [5.74, 6) is 1.42. The second-order valence-electron chi connectivity index (χ2n) is 13.0. The number of hydrogen-bond acceptors (Lipinski definition) is 9. The van der Waals surface area contributed by atoms with Gasteiger partial charge in [-0.25, -0.2) is 0 Å². The van der Waals surface area contributed by atoms with Crippen molar-refractivity contribution in [3.8, 4) is 11.5 Å². The van der Waals surface area contributed by atoms with E-state index >= 15 is 0 Å². The number of methoxy groups -OCH3 is 1. The van der Waals surface area contributed by atoms with Gasteiger partial charge in [0.25, 0.3) is 11.1 Å². The minimum Gasteiger partial charge on any atom is -0.493 e. The number of esters is 1. The van der Waals surface area contributed by atoms with Crippen LogP contribution >= 0.6 is 11.8 Å². The quantitative estimate of drug-likeness (QED) is 0.235. The Kier molecular flexibility index (Phi) is 8.07. The molecule has 4 saturated carbocycles. The number of rotatable bonds is 8. The highest BCUT2D eigenvalue weighted by Gasteiger charge is 2.55. The molecule has 0 unspecified atom stereocenters. The normalized spacial score (nSPS) is 28.1. The van der Waals surface area contributed by atoms with Crippen LogP contribution in [-0.2, 0) is 19.1 Å². The van der Waals surface area contributed by atoms with Crippen molar-refractivity contribution < 1.29 is 33.4 Å². The number of thioether (sulfide) groups is 1. The van der Waals surface area contributed by atoms with E-state index in [4.69, 9.17) is 14.2 Å². The molecule has 2 aliphatic heterocycles. The van der Waals surface area contributed by atoms with Crippen LogP contribution in [0.1, 0.15) is 44.1 Å². The van der Waals surface area contributed by atoms with Crippen LogP contribution < -0.4 is 19.7 Å². The highest BCUT2D eigenvalue weighted by atomic mass is 32.2. The van der Waals surface area contributed by atoms with Crippen molar-refractivity contribution in [2.24, 2.45) is 23.2 Å². The summed E-state index contributed by atoms with van der Waals surface area (Å²) in [6, 6.07) is 12.5. The maximum absolute atomic E-state index is 13.5. The molecule has 6 fully saturated rings. The van der Waals surface area contributed by atoms with Crippen molar-refractivity contribution in [3.63, 3.8) is 0 Å². The van der Waals surface area contributed by atoms with Gasteiger partial charge in [-0.3, -0.25) is 24.1 Å². The van der Waals surface area contributed by atoms with Crippen LogP contribution in [0.4, 0.5) is 16.2 Å². The van der Waals surface area contributed by atoms with Crippen molar-refractivity contribution in [2.75, 3.05) is 50.2 Å². The smallest absolute Gasteiger partial charge is 0.317 e. The van der Waals surface area contributed by atoms with Gasteiger partial charge in [0.05, 0.1) is 30.6 Å². The standard InChI is InChI=1S/C34H37N3O7S/c1-42-28-15-21(2-7-27(28)44-32(40)34-17-22-12-23(18-34)14-24(13-22)19-34)16-29-31(39)37(33(41)45-29)20-30(38)35-25-3-5-26(6-4-25)36-8-10-43-11-9-36/h2-7,15-16,22-24H,8-14,17-20H2,1H3,(H,35,38)/b29-16-. The predicted octanol–water partition coefficient (Wildman–Crippen LogP) is 5.33. The number of amides is 3. The van der Waals surface area contributed by atoms with E-state index in [1.54, 1.807) is 36.4 Å². The summed E-state index contributed by atoms with van der Waals surface area (Å²) in [7, 11) is 1.50. The topological polar surface area (TPSA) is 114 Å². The second kappa shape index (κ2) is 12.2. The van der Waals surface area contributed by atoms with Gasteiger partial charge in [0.2, 0.25) is 5.91 Å². The fourth-order valence-electron chi connectivity index (χ4n) is 8.14. The van der Waals surface area contributed by atoms with Gasteiger partial charge >= 0.3 is 5.97 Å². The Morgan fingerprint density at radius 2 is 1.64 bits per heavy atom. The van der Waals surface area contributed by atoms with Crippen molar-refractivity contribution in [2.45, 2.75) is 38.5 Å². The molecular weight excluding hydrogens is 594 g/mol. The number of anilines is 2. The Hall–Kier alpha value is -3.83. The lowest BCUT2D eigenvalue weighted by Crippen LogP contribution is -2.51. The monoisotopic (exact) mass is 631 g/mol. The SMILES string of the molecule is COc1cc(/C=C2\SC(=O)N(CC(=O)Nc3ccc(N4CCOCC4)cc3)C2=O)ccc1OC(=O)C12CC3CC(CC(C3)C1)C2. The van der Waals surface area contributed by atoms with Crippen molar-refractivity contribution >= 4 is 52.2 Å². The van der Waals surface area contributed by atoms with Crippen molar-refractivity contribution in [1.29, 1.82) is 0 Å². The molecule has 4 aliphatic carbocycles. The third kappa shape index (κ3) is 6.07. The average molecular weight is 632 g/mol. The van der Waals surface area contributed by atoms with Crippen molar-refractivity contribution in [3.05, 3.63) is 52.9 Å². The summed E-state index contributed by atoms with van der Waals surface area (Å²) in [5.41, 5.74) is 1.83. The molecule has 4 bridgehead atoms. The Morgan fingerprint density at radius 3 is 2.29 bits per heavy atom. The molecule has 2 aromatic carbocycles. The second-order valence-corrected chi connectivity index (χ2v) is 14.0. The number of nitrogens with zero attached hydrogens (tertiary/aromatic N) is 2. The van der Waals surface area contributed by atoms with Crippen molar-refractivity contribution in [1.82, 2.24) is 4.90 Å². The first-order valence-corrected chi connectivity index (χ1v) is 16.5. The maximum atomic E-state index is 13.5. The van der Waals surface area contributed by atoms with Crippen LogP contribution in [0.15, 0.2) is 47.4 Å². The van der Waals surface area contributed by atoms with Crippen LogP contribution in [0.3, 0.4) is 0 Å². The van der Waals surface area contributed by atoms with Gasteiger partial charge in [0.1, 0.15) is 6.54 Å². The minimum absolute atomic E-state index is 0.167. The number of hydrogen-bond donors (Lipinski definition) is 1. The number of benzene rings is 2. The Morgan fingerprint density at radius 1 is 0.978 bits per heavy atom. The van der Waals surface area contributed by atoms with Crippen LogP contribution in [0.2, 0.25) is 0 Å². The molecule has 0 radical (unpaired) electrons. The molecule has 8 rings (SSSR count). The predicted molar refractivity (Wildman–Crippen MR) is 170 cm³/mol. The number of carbonyl (C=O) groups is 4. The lowest BCUT2D eigenvalue weighted by Gasteiger charge is -2.55. The van der Waals surface area contributed by atoms with E-state index in [1.165, 1.54) is 26.4 Å².